The van der Waals surface area contributed by atoms with Gasteiger partial charge in [0, 0.05) is 77.1 Å². The van der Waals surface area contributed by atoms with Gasteiger partial charge in [-0.25, -0.2) is 9.49 Å². The van der Waals surface area contributed by atoms with E-state index in [1.807, 2.05) is 24.0 Å². The van der Waals surface area contributed by atoms with Crippen molar-refractivity contribution in [3.05, 3.63) is 75.5 Å². The van der Waals surface area contributed by atoms with Gasteiger partial charge in [0.1, 0.15) is 11.9 Å². The van der Waals surface area contributed by atoms with Crippen LogP contribution in [0.25, 0.3) is 10.8 Å². The van der Waals surface area contributed by atoms with E-state index in [4.69, 9.17) is 4.74 Å². The van der Waals surface area contributed by atoms with Crippen molar-refractivity contribution in [3.63, 3.8) is 0 Å². The van der Waals surface area contributed by atoms with Crippen LogP contribution in [0.3, 0.4) is 0 Å². The Balaban J connectivity index is 0.828. The summed E-state index contributed by atoms with van der Waals surface area (Å²) in [6, 6.07) is 11.2. The number of piperidine rings is 3. The number of carbonyl (C=O) groups excluding carboxylic acids is 4. The number of piperazine rings is 1. The second kappa shape index (κ2) is 16.8. The highest BCUT2D eigenvalue weighted by Crippen LogP contribution is 2.24. The Morgan fingerprint density at radius 3 is 2.20 bits per heavy atom. The van der Waals surface area contributed by atoms with Gasteiger partial charge in [-0.15, -0.1) is 0 Å². The molecule has 0 bridgehead atoms. The fourth-order valence-electron chi connectivity index (χ4n) is 8.29. The fraction of sp³-hybridized carbons (Fsp3) is 0.550. The molecule has 2 aromatic carbocycles. The van der Waals surface area contributed by atoms with E-state index >= 15 is 0 Å². The molecule has 3 aromatic rings. The van der Waals surface area contributed by atoms with E-state index < -0.39 is 17.8 Å². The van der Waals surface area contributed by atoms with E-state index in [0.29, 0.717) is 87.2 Å². The number of amides is 4. The number of hydrogen-bond donors (Lipinski definition) is 1. The number of rotatable bonds is 9. The van der Waals surface area contributed by atoms with Crippen molar-refractivity contribution < 1.29 is 28.3 Å². The second-order valence-electron chi connectivity index (χ2n) is 15.1. The van der Waals surface area contributed by atoms with Gasteiger partial charge in [0.15, 0.2) is 0 Å². The van der Waals surface area contributed by atoms with E-state index in [1.54, 1.807) is 39.0 Å². The molecule has 0 radical (unpaired) electrons. The van der Waals surface area contributed by atoms with Crippen LogP contribution in [0, 0.1) is 5.82 Å². The first-order valence-electron chi connectivity index (χ1n) is 19.4. The normalized spacial score (nSPS) is 20.1. The van der Waals surface area contributed by atoms with Gasteiger partial charge >= 0.3 is 0 Å². The third kappa shape index (κ3) is 8.49. The fourth-order valence-corrected chi connectivity index (χ4v) is 8.29. The minimum atomic E-state index is -0.605. The number of aromatic amines is 1. The maximum absolute atomic E-state index is 15.0. The SMILES string of the molecule is C[C@H](C(=O)N1CCC(OC2CCN(CC(=O)N3CCN(C(=O)c4cc(Cc5n[nH]c(=O)c6ccccc56)ccc4F)CC3)CC2)CC1)N1CCCCC1=O. The first-order valence-corrected chi connectivity index (χ1v) is 19.4. The maximum Gasteiger partial charge on any atom is 0.272 e. The van der Waals surface area contributed by atoms with Gasteiger partial charge in [-0.3, -0.25) is 28.9 Å². The Hall–Kier alpha value is -4.69. The molecule has 4 fully saturated rings. The van der Waals surface area contributed by atoms with Gasteiger partial charge < -0.3 is 24.3 Å². The van der Waals surface area contributed by atoms with E-state index in [0.717, 1.165) is 51.6 Å². The zero-order valence-electron chi connectivity index (χ0n) is 31.0. The summed E-state index contributed by atoms with van der Waals surface area (Å²) in [6.45, 7) is 6.99. The molecular weight excluding hydrogens is 693 g/mol. The molecular formula is C40H50FN7O6. The summed E-state index contributed by atoms with van der Waals surface area (Å²) < 4.78 is 21.4. The van der Waals surface area contributed by atoms with Gasteiger partial charge in [-0.2, -0.15) is 5.10 Å². The molecule has 0 spiro atoms. The molecule has 54 heavy (non-hydrogen) atoms. The van der Waals surface area contributed by atoms with Crippen LogP contribution in [0.2, 0.25) is 0 Å². The molecule has 0 aliphatic carbocycles. The molecule has 288 valence electrons. The average Bonchev–Trinajstić information content (AvgIpc) is 3.20. The lowest BCUT2D eigenvalue weighted by atomic mass is 10.0. The highest BCUT2D eigenvalue weighted by molar-refractivity contribution is 5.95. The van der Waals surface area contributed by atoms with E-state index in [-0.39, 0.29) is 41.1 Å². The number of hydrogen-bond acceptors (Lipinski definition) is 8. The number of H-pyrrole nitrogens is 1. The first kappa shape index (κ1) is 37.6. The molecule has 1 atom stereocenters. The topological polar surface area (TPSA) is 139 Å². The van der Waals surface area contributed by atoms with Crippen LogP contribution in [0.4, 0.5) is 4.39 Å². The van der Waals surface area contributed by atoms with Crippen LogP contribution in [-0.2, 0) is 25.5 Å². The summed E-state index contributed by atoms with van der Waals surface area (Å²) in [7, 11) is 0. The first-order chi connectivity index (χ1) is 26.1. The van der Waals surface area contributed by atoms with Crippen molar-refractivity contribution in [3.8, 4) is 0 Å². The smallest absolute Gasteiger partial charge is 0.272 e. The molecule has 1 N–H and O–H groups in total. The Kier molecular flexibility index (Phi) is 11.7. The Morgan fingerprint density at radius 1 is 0.833 bits per heavy atom. The number of benzene rings is 2. The van der Waals surface area contributed by atoms with Crippen LogP contribution in [0.15, 0.2) is 47.3 Å². The molecule has 4 aliphatic rings. The monoisotopic (exact) mass is 743 g/mol. The van der Waals surface area contributed by atoms with Crippen molar-refractivity contribution in [2.45, 2.75) is 76.5 Å². The quantitative estimate of drug-likeness (QED) is 0.353. The zero-order chi connectivity index (χ0) is 37.8. The van der Waals surface area contributed by atoms with Gasteiger partial charge in [0.25, 0.3) is 11.5 Å². The lowest BCUT2D eigenvalue weighted by Gasteiger charge is -2.40. The molecule has 0 saturated carbocycles. The number of carbonyl (C=O) groups is 4. The lowest BCUT2D eigenvalue weighted by molar-refractivity contribution is -0.149. The van der Waals surface area contributed by atoms with Crippen LogP contribution >= 0.6 is 0 Å². The highest BCUT2D eigenvalue weighted by Gasteiger charge is 2.34. The third-order valence-electron chi connectivity index (χ3n) is 11.5. The molecule has 4 aliphatic heterocycles. The maximum atomic E-state index is 15.0. The van der Waals surface area contributed by atoms with Crippen LogP contribution in [-0.4, -0.2) is 142 Å². The Bertz CT molecular complexity index is 1910. The number of halogens is 1. The molecule has 13 nitrogen and oxygen atoms in total. The third-order valence-corrected chi connectivity index (χ3v) is 11.5. The lowest BCUT2D eigenvalue weighted by Crippen LogP contribution is -2.54. The summed E-state index contributed by atoms with van der Waals surface area (Å²) in [5, 5.41) is 7.96. The van der Waals surface area contributed by atoms with Gasteiger partial charge in [0.05, 0.1) is 35.4 Å². The van der Waals surface area contributed by atoms with E-state index in [2.05, 4.69) is 15.1 Å². The Labute approximate surface area is 314 Å². The van der Waals surface area contributed by atoms with Crippen molar-refractivity contribution >= 4 is 34.4 Å². The minimum Gasteiger partial charge on any atom is -0.375 e. The number of ether oxygens (including phenoxy) is 1. The molecule has 0 unspecified atom stereocenters. The number of fused-ring (bicyclic) bond motifs is 1. The van der Waals surface area contributed by atoms with Crippen molar-refractivity contribution in [2.75, 3.05) is 65.4 Å². The van der Waals surface area contributed by atoms with Crippen LogP contribution in [0.1, 0.15) is 73.5 Å². The second-order valence-corrected chi connectivity index (χ2v) is 15.1. The zero-order valence-corrected chi connectivity index (χ0v) is 31.0. The molecule has 5 heterocycles. The average molecular weight is 744 g/mol. The molecule has 4 amide bonds. The number of nitrogens with zero attached hydrogens (tertiary/aromatic N) is 6. The molecule has 7 rings (SSSR count). The summed E-state index contributed by atoms with van der Waals surface area (Å²) in [6.07, 6.45) is 6.14. The Morgan fingerprint density at radius 2 is 1.50 bits per heavy atom. The van der Waals surface area contributed by atoms with Gasteiger partial charge in [-0.05, 0) is 69.2 Å². The van der Waals surface area contributed by atoms with E-state index in [1.165, 1.54) is 6.07 Å². The molecule has 1 aromatic heterocycles. The largest absolute Gasteiger partial charge is 0.375 e. The van der Waals surface area contributed by atoms with Gasteiger partial charge in [-0.1, -0.05) is 24.3 Å². The van der Waals surface area contributed by atoms with Crippen LogP contribution < -0.4 is 5.56 Å². The summed E-state index contributed by atoms with van der Waals surface area (Å²) >= 11 is 0. The predicted molar refractivity (Wildman–Crippen MR) is 199 cm³/mol. The van der Waals surface area contributed by atoms with Crippen molar-refractivity contribution in [1.82, 2.24) is 34.7 Å². The number of aromatic nitrogens is 2. The molecule has 14 heteroatoms. The highest BCUT2D eigenvalue weighted by atomic mass is 19.1. The van der Waals surface area contributed by atoms with Gasteiger partial charge in [0.2, 0.25) is 17.7 Å². The minimum absolute atomic E-state index is 0.0211. The van der Waals surface area contributed by atoms with Crippen LogP contribution in [0.5, 0.6) is 0 Å². The summed E-state index contributed by atoms with van der Waals surface area (Å²) in [5.41, 5.74) is 1.02. The predicted octanol–water partition coefficient (Wildman–Crippen LogP) is 2.81. The number of nitrogens with one attached hydrogen (secondary N) is 1. The van der Waals surface area contributed by atoms with E-state index in [9.17, 15) is 28.4 Å². The summed E-state index contributed by atoms with van der Waals surface area (Å²) in [5.74, 6) is -0.892. The van der Waals surface area contributed by atoms with Crippen molar-refractivity contribution in [2.24, 2.45) is 0 Å². The number of likely N-dealkylation sites (tertiary alicyclic amines) is 3. The standard InChI is InChI=1S/C40H50FN7O6/c1-27(48-15-5-4-8-36(48)49)39(52)46-18-13-30(14-19-46)54-29-11-16-44(17-12-29)26-37(50)45-20-22-47(23-21-45)40(53)33-24-28(9-10-34(33)41)25-35-31-6-2-3-7-32(31)38(51)43-42-35/h2-3,6-7,9-10,24,27,29-30H,4-5,8,11-23,25-26H2,1H3,(H,43,51)/t27-/m1/s1. The molecule has 4 saturated heterocycles. The van der Waals surface area contributed by atoms with Crippen molar-refractivity contribution in [1.29, 1.82) is 0 Å². The summed E-state index contributed by atoms with van der Waals surface area (Å²) in [4.78, 5) is 73.5.